The van der Waals surface area contributed by atoms with Crippen LogP contribution >= 0.6 is 0 Å². The van der Waals surface area contributed by atoms with Gasteiger partial charge in [-0.15, -0.1) is 0 Å². The number of piperidine rings is 1. The number of carbonyl (C=O) groups is 2. The zero-order chi connectivity index (χ0) is 18.7. The summed E-state index contributed by atoms with van der Waals surface area (Å²) < 4.78 is 15.7. The molecular formula is C18H21N3O5. The lowest BCUT2D eigenvalue weighted by molar-refractivity contribution is -0.148. The number of benzene rings is 1. The number of nitrogens with one attached hydrogen (secondary N) is 1. The minimum absolute atomic E-state index is 0.0324. The maximum Gasteiger partial charge on any atom is 0.331 e. The van der Waals surface area contributed by atoms with Crippen LogP contribution < -0.4 is 5.73 Å². The summed E-state index contributed by atoms with van der Waals surface area (Å²) in [6, 6.07) is 6.79. The molecule has 1 saturated heterocycles. The van der Waals surface area contributed by atoms with Crippen molar-refractivity contribution >= 4 is 28.7 Å². The van der Waals surface area contributed by atoms with Crippen LogP contribution in [0, 0.1) is 5.41 Å². The first kappa shape index (κ1) is 17.9. The largest absolute Gasteiger partial charge is 0.467 e. The molecule has 2 heterocycles. The molecule has 8 heteroatoms. The molecule has 1 fully saturated rings. The number of esters is 1. The van der Waals surface area contributed by atoms with Crippen molar-refractivity contribution in [2.45, 2.75) is 18.9 Å². The predicted octanol–water partition coefficient (Wildman–Crippen LogP) is 1.51. The molecule has 138 valence electrons. The van der Waals surface area contributed by atoms with Crippen molar-refractivity contribution < 1.29 is 23.5 Å². The second-order valence-corrected chi connectivity index (χ2v) is 6.16. The van der Waals surface area contributed by atoms with Crippen LogP contribution in [0.2, 0.25) is 0 Å². The topological polar surface area (TPSA) is 119 Å². The smallest absolute Gasteiger partial charge is 0.331 e. The van der Waals surface area contributed by atoms with Gasteiger partial charge in [-0.2, -0.15) is 0 Å². The summed E-state index contributed by atoms with van der Waals surface area (Å²) in [6.07, 6.45) is 1.24. The predicted molar refractivity (Wildman–Crippen MR) is 94.1 cm³/mol. The van der Waals surface area contributed by atoms with E-state index >= 15 is 0 Å². The van der Waals surface area contributed by atoms with Gasteiger partial charge in [0.05, 0.1) is 13.2 Å². The fraction of sp³-hybridized carbons (Fsp3) is 0.389. The van der Waals surface area contributed by atoms with Gasteiger partial charge < -0.3 is 24.5 Å². The van der Waals surface area contributed by atoms with Crippen molar-refractivity contribution in [1.29, 1.82) is 5.41 Å². The van der Waals surface area contributed by atoms with Crippen LogP contribution in [0.1, 0.15) is 29.0 Å². The molecule has 1 amide bonds. The second kappa shape index (κ2) is 7.57. The number of fused-ring (bicyclic) bond motifs is 1. The number of amidine groups is 1. The first-order chi connectivity index (χ1) is 12.5. The molecule has 0 radical (unpaired) electrons. The van der Waals surface area contributed by atoms with E-state index in [-0.39, 0.29) is 30.2 Å². The van der Waals surface area contributed by atoms with Crippen LogP contribution in [0.15, 0.2) is 28.7 Å². The summed E-state index contributed by atoms with van der Waals surface area (Å²) in [5, 5.41) is 8.22. The van der Waals surface area contributed by atoms with Gasteiger partial charge in [-0.05, 0) is 37.1 Å². The van der Waals surface area contributed by atoms with Crippen molar-refractivity contribution in [2.75, 3.05) is 26.8 Å². The lowest BCUT2D eigenvalue weighted by Gasteiger charge is -2.31. The highest BCUT2D eigenvalue weighted by Gasteiger charge is 2.26. The Balaban J connectivity index is 1.62. The molecule has 0 aliphatic carbocycles. The van der Waals surface area contributed by atoms with Crippen LogP contribution in [-0.4, -0.2) is 55.5 Å². The van der Waals surface area contributed by atoms with E-state index in [0.717, 1.165) is 5.39 Å². The maximum absolute atomic E-state index is 12.7. The van der Waals surface area contributed by atoms with E-state index in [1.807, 2.05) is 0 Å². The van der Waals surface area contributed by atoms with E-state index in [1.54, 1.807) is 29.2 Å². The quantitative estimate of drug-likeness (QED) is 0.474. The van der Waals surface area contributed by atoms with Crippen molar-refractivity contribution in [3.63, 3.8) is 0 Å². The molecule has 1 aliphatic rings. The Morgan fingerprint density at radius 2 is 2.04 bits per heavy atom. The minimum Gasteiger partial charge on any atom is -0.467 e. The first-order valence-corrected chi connectivity index (χ1v) is 8.33. The number of amides is 1. The number of ether oxygens (including phenoxy) is 2. The van der Waals surface area contributed by atoms with E-state index in [0.29, 0.717) is 37.1 Å². The van der Waals surface area contributed by atoms with Crippen molar-refractivity contribution in [3.05, 3.63) is 35.6 Å². The normalized spacial score (nSPS) is 15.2. The van der Waals surface area contributed by atoms with E-state index in [2.05, 4.69) is 4.74 Å². The van der Waals surface area contributed by atoms with Gasteiger partial charge >= 0.3 is 5.97 Å². The number of nitrogens with two attached hydrogens (primary N) is 1. The molecule has 0 atom stereocenters. The number of furan rings is 1. The number of hydrogen-bond acceptors (Lipinski definition) is 6. The summed E-state index contributed by atoms with van der Waals surface area (Å²) in [4.78, 5) is 25.5. The average molecular weight is 359 g/mol. The monoisotopic (exact) mass is 359 g/mol. The van der Waals surface area contributed by atoms with E-state index < -0.39 is 5.97 Å². The number of rotatable bonds is 5. The highest BCUT2D eigenvalue weighted by molar-refractivity contribution is 6.00. The molecular weight excluding hydrogens is 338 g/mol. The molecule has 26 heavy (non-hydrogen) atoms. The summed E-state index contributed by atoms with van der Waals surface area (Å²) in [5.41, 5.74) is 6.65. The average Bonchev–Trinajstić information content (AvgIpc) is 3.09. The molecule has 2 aromatic rings. The molecule has 8 nitrogen and oxygen atoms in total. The highest BCUT2D eigenvalue weighted by Crippen LogP contribution is 2.23. The number of methoxy groups -OCH3 is 1. The first-order valence-electron chi connectivity index (χ1n) is 8.33. The Labute approximate surface area is 150 Å². The second-order valence-electron chi connectivity index (χ2n) is 6.16. The third-order valence-electron chi connectivity index (χ3n) is 4.43. The summed E-state index contributed by atoms with van der Waals surface area (Å²) >= 11 is 0. The minimum atomic E-state index is -0.407. The molecule has 0 unspecified atom stereocenters. The van der Waals surface area contributed by atoms with Crippen LogP contribution in [0.5, 0.6) is 0 Å². The molecule has 1 aromatic carbocycles. The third kappa shape index (κ3) is 3.85. The van der Waals surface area contributed by atoms with E-state index in [9.17, 15) is 9.59 Å². The summed E-state index contributed by atoms with van der Waals surface area (Å²) in [5.74, 6) is -0.364. The molecule has 0 bridgehead atoms. The molecule has 1 aliphatic heterocycles. The van der Waals surface area contributed by atoms with E-state index in [1.165, 1.54) is 7.11 Å². The summed E-state index contributed by atoms with van der Waals surface area (Å²) in [7, 11) is 1.32. The SMILES string of the molecule is COC(=O)COC1CCN(C(=O)c2cc3cc(C(=N)N)ccc3o2)CC1. The molecule has 0 spiro atoms. The molecule has 3 rings (SSSR count). The van der Waals surface area contributed by atoms with Crippen molar-refractivity contribution in [2.24, 2.45) is 5.73 Å². The molecule has 0 saturated carbocycles. The number of nitrogens with zero attached hydrogens (tertiary/aromatic N) is 1. The van der Waals surface area contributed by atoms with Crippen molar-refractivity contribution in [3.8, 4) is 0 Å². The van der Waals surface area contributed by atoms with Crippen LogP contribution in [0.25, 0.3) is 11.0 Å². The van der Waals surface area contributed by atoms with Gasteiger partial charge in [0.2, 0.25) is 0 Å². The molecule has 1 aromatic heterocycles. The molecule has 3 N–H and O–H groups in total. The standard InChI is InChI=1S/C18H21N3O5/c1-24-16(22)10-25-13-4-6-21(7-5-13)18(23)15-9-12-8-11(17(19)20)2-3-14(12)26-15/h2-3,8-9,13H,4-7,10H2,1H3,(H3,19,20). The van der Waals surface area contributed by atoms with Crippen LogP contribution in [-0.2, 0) is 14.3 Å². The van der Waals surface area contributed by atoms with Gasteiger partial charge in [-0.1, -0.05) is 0 Å². The Morgan fingerprint density at radius 1 is 1.31 bits per heavy atom. The lowest BCUT2D eigenvalue weighted by atomic mass is 10.1. The zero-order valence-corrected chi connectivity index (χ0v) is 14.5. The highest BCUT2D eigenvalue weighted by atomic mass is 16.6. The third-order valence-corrected chi connectivity index (χ3v) is 4.43. The number of carbonyl (C=O) groups excluding carboxylic acids is 2. The van der Waals surface area contributed by atoms with Crippen LogP contribution in [0.4, 0.5) is 0 Å². The fourth-order valence-electron chi connectivity index (χ4n) is 2.94. The van der Waals surface area contributed by atoms with Gasteiger partial charge in [0, 0.05) is 24.0 Å². The summed E-state index contributed by atoms with van der Waals surface area (Å²) in [6.45, 7) is 0.984. The number of nitrogen functional groups attached to an aromatic ring is 1. The van der Waals surface area contributed by atoms with E-state index in [4.69, 9.17) is 20.3 Å². The zero-order valence-electron chi connectivity index (χ0n) is 14.5. The maximum atomic E-state index is 12.7. The fourth-order valence-corrected chi connectivity index (χ4v) is 2.94. The van der Waals surface area contributed by atoms with Crippen molar-refractivity contribution in [1.82, 2.24) is 4.90 Å². The Morgan fingerprint density at radius 3 is 2.69 bits per heavy atom. The number of likely N-dealkylation sites (tertiary alicyclic amines) is 1. The van der Waals surface area contributed by atoms with Gasteiger partial charge in [0.25, 0.3) is 5.91 Å². The van der Waals surface area contributed by atoms with Gasteiger partial charge in [0.1, 0.15) is 18.0 Å². The Hall–Kier alpha value is -2.87. The van der Waals surface area contributed by atoms with Gasteiger partial charge in [-0.25, -0.2) is 4.79 Å². The van der Waals surface area contributed by atoms with Gasteiger partial charge in [0.15, 0.2) is 5.76 Å². The van der Waals surface area contributed by atoms with Crippen LogP contribution in [0.3, 0.4) is 0 Å². The number of hydrogen-bond donors (Lipinski definition) is 2. The van der Waals surface area contributed by atoms with Gasteiger partial charge in [-0.3, -0.25) is 10.2 Å². The Kier molecular flexibility index (Phi) is 5.22. The Bertz CT molecular complexity index is 836. The lowest BCUT2D eigenvalue weighted by Crippen LogP contribution is -2.41.